The Bertz CT molecular complexity index is 2020. The summed E-state index contributed by atoms with van der Waals surface area (Å²) in [6, 6.07) is 0. The molecule has 19 heteroatoms. The van der Waals surface area contributed by atoms with E-state index in [1.54, 1.807) is 0 Å². The third-order valence-corrected chi connectivity index (χ3v) is 20.3. The van der Waals surface area contributed by atoms with Gasteiger partial charge in [0.25, 0.3) is 0 Å². The lowest BCUT2D eigenvalue weighted by atomic mass is 10.00. The molecule has 0 aliphatic heterocycles. The molecule has 0 amide bonds. The number of aliphatic hydroxyl groups excluding tert-OH is 1. The average Bonchev–Trinajstić information content (AvgIpc) is 1.24. The van der Waals surface area contributed by atoms with Crippen molar-refractivity contribution < 1.29 is 80.2 Å². The summed E-state index contributed by atoms with van der Waals surface area (Å²) in [6.45, 7) is 11.9. The van der Waals surface area contributed by atoms with Crippen LogP contribution < -0.4 is 0 Å². The van der Waals surface area contributed by atoms with E-state index in [1.807, 2.05) is 0 Å². The lowest BCUT2D eigenvalue weighted by molar-refractivity contribution is -0.161. The largest absolute Gasteiger partial charge is 0.472 e. The van der Waals surface area contributed by atoms with Crippen LogP contribution in [0.2, 0.25) is 0 Å². The highest BCUT2D eigenvalue weighted by atomic mass is 31.2. The number of phosphoric acid groups is 2. The van der Waals surface area contributed by atoms with E-state index >= 15 is 0 Å². The fraction of sp³-hybridized carbons (Fsp3) is 0.900. The van der Waals surface area contributed by atoms with Gasteiger partial charge in [-0.25, -0.2) is 9.13 Å². The maximum Gasteiger partial charge on any atom is 0.472 e. The molecule has 0 aromatic carbocycles. The first-order valence-corrected chi connectivity index (χ1v) is 43.7. The van der Waals surface area contributed by atoms with Gasteiger partial charge in [-0.2, -0.15) is 0 Å². The van der Waals surface area contributed by atoms with Gasteiger partial charge in [0.05, 0.1) is 26.4 Å². The number of phosphoric ester groups is 2. The van der Waals surface area contributed by atoms with Gasteiger partial charge in [0.2, 0.25) is 0 Å². The summed E-state index contributed by atoms with van der Waals surface area (Å²) in [5.41, 5.74) is 0. The molecular weight excluding hydrogens is 1290 g/mol. The molecule has 0 saturated heterocycles. The standard InChI is InChI=1S/C80H152O17P2/c1-8-10-11-12-13-14-15-16-19-23-30-35-40-49-56-64-80(85)97-76(68-91-78(83)62-55-48-43-42-46-53-60-73(7)9-2)70-95-99(88,89)93-66-74(81)65-92-98(86,87)94-69-75(67-90-77(82)61-54-47-39-34-29-26-25-28-33-38-45-52-59-72(5)6)96-79(84)63-57-50-41-36-31-24-21-18-17-20-22-27-32-37-44-51-58-71(3)4/h14-16,19,71-76,81H,8-13,17-18,20-70H2,1-7H3,(H,86,87)(H,88,89)/b15-14-,19-16-/t73?,74-,75-,76-/m1/s1. The normalized spacial score (nSPS) is 14.4. The molecule has 0 aliphatic rings. The van der Waals surface area contributed by atoms with Crippen LogP contribution in [0, 0.1) is 17.8 Å². The monoisotopic (exact) mass is 1450 g/mol. The van der Waals surface area contributed by atoms with Crippen LogP contribution in [0.15, 0.2) is 24.3 Å². The van der Waals surface area contributed by atoms with Gasteiger partial charge in [-0.15, -0.1) is 0 Å². The number of hydrogen-bond acceptors (Lipinski definition) is 15. The Balaban J connectivity index is 5.28. The molecule has 17 nitrogen and oxygen atoms in total. The van der Waals surface area contributed by atoms with Gasteiger partial charge in [0.15, 0.2) is 12.2 Å². The molecule has 0 aromatic heterocycles. The summed E-state index contributed by atoms with van der Waals surface area (Å²) in [5.74, 6) is 0.172. The van der Waals surface area contributed by atoms with Crippen LogP contribution in [0.3, 0.4) is 0 Å². The van der Waals surface area contributed by atoms with E-state index in [9.17, 15) is 43.2 Å². The molecular formula is C80H152O17P2. The van der Waals surface area contributed by atoms with Crippen LogP contribution in [0.25, 0.3) is 0 Å². The zero-order valence-corrected chi connectivity index (χ0v) is 66.2. The minimum absolute atomic E-state index is 0.0840. The summed E-state index contributed by atoms with van der Waals surface area (Å²) in [7, 11) is -9.93. The maximum atomic E-state index is 13.1. The second kappa shape index (κ2) is 69.9. The first-order chi connectivity index (χ1) is 47.8. The lowest BCUT2D eigenvalue weighted by Crippen LogP contribution is -2.30. The van der Waals surface area contributed by atoms with Crippen LogP contribution in [-0.2, 0) is 65.4 Å². The molecule has 584 valence electrons. The average molecular weight is 1450 g/mol. The number of hydrogen-bond donors (Lipinski definition) is 3. The molecule has 0 fully saturated rings. The summed E-state index contributed by atoms with van der Waals surface area (Å²) in [6.07, 6.45) is 60.5. The number of allylic oxidation sites excluding steroid dienone is 4. The van der Waals surface area contributed by atoms with E-state index in [0.29, 0.717) is 25.7 Å². The molecule has 0 rings (SSSR count). The zero-order valence-electron chi connectivity index (χ0n) is 64.4. The van der Waals surface area contributed by atoms with E-state index in [2.05, 4.69) is 72.8 Å². The molecule has 3 N–H and O–H groups in total. The van der Waals surface area contributed by atoms with Crippen LogP contribution in [0.1, 0.15) is 389 Å². The Morgan fingerprint density at radius 1 is 0.333 bits per heavy atom. The second-order valence-corrected chi connectivity index (χ2v) is 32.2. The van der Waals surface area contributed by atoms with Crippen LogP contribution >= 0.6 is 15.6 Å². The summed E-state index contributed by atoms with van der Waals surface area (Å²) in [5, 5.41) is 10.6. The van der Waals surface area contributed by atoms with Crippen LogP contribution in [0.4, 0.5) is 0 Å². The van der Waals surface area contributed by atoms with Crippen molar-refractivity contribution in [1.82, 2.24) is 0 Å². The first kappa shape index (κ1) is 96.5. The Hall–Kier alpha value is -2.46. The minimum Gasteiger partial charge on any atom is -0.462 e. The Morgan fingerprint density at radius 3 is 0.899 bits per heavy atom. The van der Waals surface area contributed by atoms with Crippen molar-refractivity contribution in [2.75, 3.05) is 39.6 Å². The van der Waals surface area contributed by atoms with Crippen molar-refractivity contribution >= 4 is 39.5 Å². The van der Waals surface area contributed by atoms with Crippen molar-refractivity contribution in [3.8, 4) is 0 Å². The number of ether oxygens (including phenoxy) is 4. The molecule has 0 spiro atoms. The van der Waals surface area contributed by atoms with Crippen molar-refractivity contribution in [3.63, 3.8) is 0 Å². The molecule has 0 bridgehead atoms. The van der Waals surface area contributed by atoms with Crippen molar-refractivity contribution in [2.24, 2.45) is 17.8 Å². The lowest BCUT2D eigenvalue weighted by Gasteiger charge is -2.21. The van der Waals surface area contributed by atoms with Gasteiger partial charge < -0.3 is 33.8 Å². The quantitative estimate of drug-likeness (QED) is 0.0169. The third-order valence-electron chi connectivity index (χ3n) is 18.4. The number of unbranched alkanes of at least 4 members (excludes halogenated alkanes) is 40. The SMILES string of the molecule is CCCCCC/C=C\C=C/CCCCCCCC(=O)O[C@H](COC(=O)CCCCCCCCC(C)CC)COP(=O)(O)OC[C@H](O)COP(=O)(O)OC[C@@H](COC(=O)CCCCCCCCCCCCCCC(C)C)OC(=O)CCCCCCCCCCCCCCCCCCC(C)C. The van der Waals surface area contributed by atoms with Gasteiger partial charge in [-0.05, 0) is 69.1 Å². The fourth-order valence-corrected chi connectivity index (χ4v) is 13.3. The molecule has 0 heterocycles. The molecule has 99 heavy (non-hydrogen) atoms. The highest BCUT2D eigenvalue weighted by Crippen LogP contribution is 2.45. The summed E-state index contributed by atoms with van der Waals surface area (Å²) >= 11 is 0. The highest BCUT2D eigenvalue weighted by molar-refractivity contribution is 7.47. The second-order valence-electron chi connectivity index (χ2n) is 29.3. The van der Waals surface area contributed by atoms with E-state index in [-0.39, 0.29) is 25.7 Å². The van der Waals surface area contributed by atoms with E-state index in [1.165, 1.54) is 180 Å². The van der Waals surface area contributed by atoms with Crippen molar-refractivity contribution in [2.45, 2.75) is 407 Å². The third kappa shape index (κ3) is 72.3. The zero-order chi connectivity index (χ0) is 73.0. The van der Waals surface area contributed by atoms with Gasteiger partial charge in [-0.3, -0.25) is 37.3 Å². The van der Waals surface area contributed by atoms with Crippen molar-refractivity contribution in [1.29, 1.82) is 0 Å². The molecule has 3 unspecified atom stereocenters. The number of aliphatic hydroxyl groups is 1. The van der Waals surface area contributed by atoms with Crippen LogP contribution in [-0.4, -0.2) is 96.7 Å². The predicted octanol–water partition coefficient (Wildman–Crippen LogP) is 23.3. The molecule has 0 aliphatic carbocycles. The van der Waals surface area contributed by atoms with E-state index in [4.69, 9.17) is 37.0 Å². The van der Waals surface area contributed by atoms with Crippen molar-refractivity contribution in [3.05, 3.63) is 24.3 Å². The predicted molar refractivity (Wildman–Crippen MR) is 404 cm³/mol. The fourth-order valence-electron chi connectivity index (χ4n) is 11.7. The van der Waals surface area contributed by atoms with Gasteiger partial charge in [-0.1, -0.05) is 336 Å². The molecule has 0 aromatic rings. The molecule has 0 saturated carbocycles. The van der Waals surface area contributed by atoms with Gasteiger partial charge >= 0.3 is 39.5 Å². The number of esters is 4. The number of carbonyl (C=O) groups is 4. The maximum absolute atomic E-state index is 13.1. The highest BCUT2D eigenvalue weighted by Gasteiger charge is 2.30. The van der Waals surface area contributed by atoms with E-state index in [0.717, 1.165) is 127 Å². The molecule has 0 radical (unpaired) electrons. The smallest absolute Gasteiger partial charge is 0.462 e. The Labute approximate surface area is 605 Å². The number of rotatable bonds is 76. The minimum atomic E-state index is -4.97. The van der Waals surface area contributed by atoms with E-state index < -0.39 is 97.5 Å². The van der Waals surface area contributed by atoms with Gasteiger partial charge in [0, 0.05) is 25.7 Å². The summed E-state index contributed by atoms with van der Waals surface area (Å²) in [4.78, 5) is 72.9. The topological polar surface area (TPSA) is 237 Å². The Morgan fingerprint density at radius 2 is 0.596 bits per heavy atom. The van der Waals surface area contributed by atoms with Gasteiger partial charge in [0.1, 0.15) is 19.3 Å². The van der Waals surface area contributed by atoms with Crippen LogP contribution in [0.5, 0.6) is 0 Å². The molecule has 6 atom stereocenters. The first-order valence-electron chi connectivity index (χ1n) is 40.7. The Kier molecular flexibility index (Phi) is 68.1. The summed E-state index contributed by atoms with van der Waals surface area (Å²) < 4.78 is 68.6. The number of carbonyl (C=O) groups excluding carboxylic acids is 4.